The number of fused-ring (bicyclic) bond motifs is 1. The maximum absolute atomic E-state index is 10.7. The summed E-state index contributed by atoms with van der Waals surface area (Å²) in [7, 11) is 3.21. The summed E-state index contributed by atoms with van der Waals surface area (Å²) in [6.45, 7) is 12.0. The summed E-state index contributed by atoms with van der Waals surface area (Å²) < 4.78 is 49.7. The predicted octanol–water partition coefficient (Wildman–Crippen LogP) is 4.71. The molecule has 2 rings (SSSR count). The van der Waals surface area contributed by atoms with Crippen molar-refractivity contribution >= 4 is 10.8 Å². The van der Waals surface area contributed by atoms with Crippen molar-refractivity contribution in [2.24, 2.45) is 0 Å². The SMILES string of the molecule is C=C(C)CCOC(O)(CCOC)OCCCOc1ccc2c(OC(C)OCCOCCOCCOC)cccc2c1. The van der Waals surface area contributed by atoms with Gasteiger partial charge in [-0.2, -0.15) is 0 Å². The molecule has 0 saturated carbocycles. The topological polar surface area (TPSA) is 103 Å². The van der Waals surface area contributed by atoms with E-state index in [4.69, 9.17) is 42.6 Å². The Bertz CT molecular complexity index is 985. The number of hydrogen-bond acceptors (Lipinski definition) is 10. The minimum atomic E-state index is -1.70. The number of rotatable bonds is 25. The average molecular weight is 581 g/mol. The molecule has 0 saturated heterocycles. The van der Waals surface area contributed by atoms with E-state index < -0.39 is 12.3 Å². The molecule has 0 aliphatic carbocycles. The third-order valence-corrected chi connectivity index (χ3v) is 5.85. The van der Waals surface area contributed by atoms with Crippen molar-refractivity contribution in [3.63, 3.8) is 0 Å². The second-order valence-corrected chi connectivity index (χ2v) is 9.47. The van der Waals surface area contributed by atoms with Crippen LogP contribution in [0, 0.1) is 0 Å². The standard InChI is InChI=1S/C31H48O10/c1-25(2)12-16-40-31(32,13-17-33-4)39-15-7-14-38-28-10-11-29-27(24-28)8-6-9-30(29)41-26(3)37-23-22-36-21-20-35-19-18-34-5/h6,8-11,24,26,32H,1,7,12-23H2,2-5H3. The van der Waals surface area contributed by atoms with Crippen LogP contribution in [-0.2, 0) is 33.2 Å². The van der Waals surface area contributed by atoms with E-state index in [1.165, 1.54) is 0 Å². The highest BCUT2D eigenvalue weighted by Crippen LogP contribution is 2.29. The lowest BCUT2D eigenvalue weighted by molar-refractivity contribution is -0.365. The van der Waals surface area contributed by atoms with E-state index in [9.17, 15) is 5.11 Å². The van der Waals surface area contributed by atoms with Crippen molar-refractivity contribution in [1.29, 1.82) is 0 Å². The first-order chi connectivity index (χ1) is 19.9. The molecule has 2 unspecified atom stereocenters. The number of aliphatic hydroxyl groups is 1. The monoisotopic (exact) mass is 580 g/mol. The molecule has 10 nitrogen and oxygen atoms in total. The Morgan fingerprint density at radius 1 is 0.854 bits per heavy atom. The molecule has 0 spiro atoms. The van der Waals surface area contributed by atoms with Gasteiger partial charge in [0.05, 0.1) is 72.5 Å². The van der Waals surface area contributed by atoms with Crippen molar-refractivity contribution in [3.05, 3.63) is 48.6 Å². The van der Waals surface area contributed by atoms with E-state index in [0.717, 1.165) is 27.8 Å². The van der Waals surface area contributed by atoms with E-state index in [1.807, 2.05) is 50.2 Å². The molecule has 2 aromatic rings. The Morgan fingerprint density at radius 3 is 2.29 bits per heavy atom. The Hall–Kier alpha value is -2.28. The summed E-state index contributed by atoms with van der Waals surface area (Å²) >= 11 is 0. The normalized spacial score (nSPS) is 13.7. The highest BCUT2D eigenvalue weighted by molar-refractivity contribution is 5.89. The van der Waals surface area contributed by atoms with Crippen LogP contribution >= 0.6 is 0 Å². The highest BCUT2D eigenvalue weighted by Gasteiger charge is 2.28. The second kappa shape index (κ2) is 20.6. The van der Waals surface area contributed by atoms with Gasteiger partial charge in [0, 0.05) is 26.0 Å². The van der Waals surface area contributed by atoms with Gasteiger partial charge in [0.2, 0.25) is 0 Å². The molecule has 0 amide bonds. The van der Waals surface area contributed by atoms with Crippen LogP contribution in [0.1, 0.15) is 33.1 Å². The number of methoxy groups -OCH3 is 2. The molecule has 0 aromatic heterocycles. The van der Waals surface area contributed by atoms with Crippen LogP contribution < -0.4 is 9.47 Å². The lowest BCUT2D eigenvalue weighted by atomic mass is 10.1. The van der Waals surface area contributed by atoms with E-state index >= 15 is 0 Å². The molecule has 0 aliphatic heterocycles. The summed E-state index contributed by atoms with van der Waals surface area (Å²) in [5.74, 6) is -0.239. The van der Waals surface area contributed by atoms with E-state index in [-0.39, 0.29) is 13.0 Å². The van der Waals surface area contributed by atoms with Gasteiger partial charge in [-0.05, 0) is 49.9 Å². The fourth-order valence-electron chi connectivity index (χ4n) is 3.66. The number of ether oxygens (including phenoxy) is 9. The molecule has 2 aromatic carbocycles. The number of hydrogen-bond donors (Lipinski definition) is 1. The van der Waals surface area contributed by atoms with Gasteiger partial charge in [-0.15, -0.1) is 6.58 Å². The van der Waals surface area contributed by atoms with Gasteiger partial charge in [-0.3, -0.25) is 0 Å². The van der Waals surface area contributed by atoms with Crippen LogP contribution in [-0.4, -0.2) is 97.7 Å². The van der Waals surface area contributed by atoms with Crippen LogP contribution in [0.15, 0.2) is 48.6 Å². The quantitative estimate of drug-likeness (QED) is 0.101. The predicted molar refractivity (Wildman–Crippen MR) is 156 cm³/mol. The lowest BCUT2D eigenvalue weighted by Gasteiger charge is -2.28. The zero-order valence-corrected chi connectivity index (χ0v) is 25.1. The third kappa shape index (κ3) is 15.0. The summed E-state index contributed by atoms with van der Waals surface area (Å²) in [6, 6.07) is 11.7. The molecule has 0 radical (unpaired) electrons. The highest BCUT2D eigenvalue weighted by atomic mass is 16.8. The summed E-state index contributed by atoms with van der Waals surface area (Å²) in [6.07, 6.45) is 0.979. The van der Waals surface area contributed by atoms with Crippen LogP contribution in [0.2, 0.25) is 0 Å². The molecule has 0 aliphatic rings. The molecular weight excluding hydrogens is 532 g/mol. The first kappa shape index (κ1) is 34.9. The molecule has 232 valence electrons. The fraction of sp³-hybridized carbons (Fsp3) is 0.613. The van der Waals surface area contributed by atoms with E-state index in [2.05, 4.69) is 6.58 Å². The lowest BCUT2D eigenvalue weighted by Crippen LogP contribution is -2.38. The molecule has 0 bridgehead atoms. The van der Waals surface area contributed by atoms with Crippen LogP contribution in [0.3, 0.4) is 0 Å². The van der Waals surface area contributed by atoms with Crippen molar-refractivity contribution < 1.29 is 47.7 Å². The van der Waals surface area contributed by atoms with Gasteiger partial charge >= 0.3 is 0 Å². The smallest absolute Gasteiger partial charge is 0.282 e. The fourth-order valence-corrected chi connectivity index (χ4v) is 3.66. The Balaban J connectivity index is 1.74. The molecular formula is C31H48O10. The van der Waals surface area contributed by atoms with E-state index in [0.29, 0.717) is 72.3 Å². The van der Waals surface area contributed by atoms with Crippen molar-refractivity contribution in [2.75, 3.05) is 80.3 Å². The molecule has 0 heterocycles. The summed E-state index contributed by atoms with van der Waals surface area (Å²) in [4.78, 5) is 0. The van der Waals surface area contributed by atoms with Gasteiger partial charge in [0.25, 0.3) is 5.97 Å². The first-order valence-corrected chi connectivity index (χ1v) is 14.1. The maximum atomic E-state index is 10.7. The van der Waals surface area contributed by atoms with Crippen molar-refractivity contribution in [1.82, 2.24) is 0 Å². The van der Waals surface area contributed by atoms with Crippen LogP contribution in [0.4, 0.5) is 0 Å². The third-order valence-electron chi connectivity index (χ3n) is 5.85. The Kier molecular flexibility index (Phi) is 17.5. The van der Waals surface area contributed by atoms with Gasteiger partial charge in [0.1, 0.15) is 11.5 Å². The van der Waals surface area contributed by atoms with Gasteiger partial charge < -0.3 is 47.7 Å². The summed E-state index contributed by atoms with van der Waals surface area (Å²) in [5, 5.41) is 12.6. The van der Waals surface area contributed by atoms with E-state index in [1.54, 1.807) is 14.2 Å². The van der Waals surface area contributed by atoms with Crippen LogP contribution in [0.25, 0.3) is 10.8 Å². The maximum Gasteiger partial charge on any atom is 0.282 e. The van der Waals surface area contributed by atoms with Gasteiger partial charge in [-0.1, -0.05) is 17.7 Å². The Morgan fingerprint density at radius 2 is 1.56 bits per heavy atom. The average Bonchev–Trinajstić information content (AvgIpc) is 2.95. The van der Waals surface area contributed by atoms with Crippen LogP contribution in [0.5, 0.6) is 11.5 Å². The van der Waals surface area contributed by atoms with Crippen molar-refractivity contribution in [3.8, 4) is 11.5 Å². The van der Waals surface area contributed by atoms with Crippen molar-refractivity contribution in [2.45, 2.75) is 45.4 Å². The zero-order chi connectivity index (χ0) is 29.8. The van der Waals surface area contributed by atoms with Gasteiger partial charge in [0.15, 0.2) is 6.29 Å². The molecule has 1 N–H and O–H groups in total. The Labute approximate surface area is 244 Å². The van der Waals surface area contributed by atoms with Gasteiger partial charge in [-0.25, -0.2) is 0 Å². The minimum absolute atomic E-state index is 0.207. The molecule has 0 fully saturated rings. The molecule has 2 atom stereocenters. The first-order valence-electron chi connectivity index (χ1n) is 14.1. The summed E-state index contributed by atoms with van der Waals surface area (Å²) in [5.41, 5.74) is 0.974. The minimum Gasteiger partial charge on any atom is -0.493 e. The molecule has 10 heteroatoms. The number of benzene rings is 2. The molecule has 41 heavy (non-hydrogen) atoms. The second-order valence-electron chi connectivity index (χ2n) is 9.47. The zero-order valence-electron chi connectivity index (χ0n) is 25.1. The largest absolute Gasteiger partial charge is 0.493 e.